The van der Waals surface area contributed by atoms with Gasteiger partial charge in [-0.2, -0.15) is 14.9 Å². The molecule has 0 amide bonds. The van der Waals surface area contributed by atoms with E-state index in [0.717, 1.165) is 29.8 Å². The third-order valence-corrected chi connectivity index (χ3v) is 4.52. The number of aromatic nitrogens is 3. The molecule has 0 atom stereocenters. The van der Waals surface area contributed by atoms with Crippen LogP contribution >= 0.6 is 23.8 Å². The molecular formula is C20H21ClN4O2S. The first kappa shape index (κ1) is 20.1. The van der Waals surface area contributed by atoms with Crippen molar-refractivity contribution < 1.29 is 9.47 Å². The molecule has 0 radical (unpaired) electrons. The molecule has 0 aliphatic carbocycles. The molecule has 0 aliphatic heterocycles. The molecule has 0 saturated carbocycles. The molecule has 1 aromatic heterocycles. The normalized spacial score (nSPS) is 11.1. The second-order valence-corrected chi connectivity index (χ2v) is 6.90. The van der Waals surface area contributed by atoms with Gasteiger partial charge in [-0.15, -0.1) is 0 Å². The average Bonchev–Trinajstić information content (AvgIpc) is 3.06. The van der Waals surface area contributed by atoms with E-state index in [1.54, 1.807) is 18.0 Å². The minimum absolute atomic E-state index is 0.422. The van der Waals surface area contributed by atoms with E-state index in [-0.39, 0.29) is 0 Å². The molecule has 1 heterocycles. The number of benzene rings is 2. The largest absolute Gasteiger partial charge is 0.493 e. The van der Waals surface area contributed by atoms with Crippen LogP contribution in [-0.2, 0) is 13.0 Å². The van der Waals surface area contributed by atoms with E-state index in [0.29, 0.717) is 27.9 Å². The molecule has 0 fully saturated rings. The fraction of sp³-hybridized carbons (Fsp3) is 0.250. The predicted octanol–water partition coefficient (Wildman–Crippen LogP) is 5.02. The third-order valence-electron chi connectivity index (χ3n) is 4.01. The van der Waals surface area contributed by atoms with Crippen molar-refractivity contribution in [2.75, 3.05) is 7.11 Å². The van der Waals surface area contributed by atoms with Crippen LogP contribution in [0, 0.1) is 4.77 Å². The first-order chi connectivity index (χ1) is 13.6. The lowest BCUT2D eigenvalue weighted by Gasteiger charge is -2.11. The maximum absolute atomic E-state index is 5.91. The van der Waals surface area contributed by atoms with Crippen LogP contribution in [0.5, 0.6) is 11.5 Å². The number of nitrogens with one attached hydrogen (secondary N) is 1. The van der Waals surface area contributed by atoms with Gasteiger partial charge in [0.25, 0.3) is 0 Å². The van der Waals surface area contributed by atoms with Crippen molar-refractivity contribution in [1.29, 1.82) is 0 Å². The van der Waals surface area contributed by atoms with E-state index in [1.165, 1.54) is 0 Å². The van der Waals surface area contributed by atoms with Crippen LogP contribution in [-0.4, -0.2) is 28.2 Å². The van der Waals surface area contributed by atoms with Crippen molar-refractivity contribution in [3.63, 3.8) is 0 Å². The quantitative estimate of drug-likeness (QED) is 0.413. The summed E-state index contributed by atoms with van der Waals surface area (Å²) in [5.41, 5.74) is 1.89. The topological polar surface area (TPSA) is 64.4 Å². The van der Waals surface area contributed by atoms with Gasteiger partial charge >= 0.3 is 0 Å². The summed E-state index contributed by atoms with van der Waals surface area (Å²) in [7, 11) is 1.61. The summed E-state index contributed by atoms with van der Waals surface area (Å²) in [6, 6.07) is 13.2. The van der Waals surface area contributed by atoms with Crippen molar-refractivity contribution in [1.82, 2.24) is 14.9 Å². The van der Waals surface area contributed by atoms with Crippen LogP contribution < -0.4 is 9.47 Å². The van der Waals surface area contributed by atoms with E-state index in [1.807, 2.05) is 42.5 Å². The number of H-pyrrole nitrogens is 1. The molecule has 146 valence electrons. The van der Waals surface area contributed by atoms with Crippen LogP contribution in [0.4, 0.5) is 0 Å². The number of ether oxygens (including phenoxy) is 2. The number of halogens is 1. The average molecular weight is 417 g/mol. The highest BCUT2D eigenvalue weighted by molar-refractivity contribution is 7.71. The summed E-state index contributed by atoms with van der Waals surface area (Å²) < 4.78 is 13.4. The zero-order chi connectivity index (χ0) is 19.9. The van der Waals surface area contributed by atoms with Gasteiger partial charge in [0.15, 0.2) is 17.3 Å². The Morgan fingerprint density at radius 3 is 2.71 bits per heavy atom. The van der Waals surface area contributed by atoms with E-state index in [4.69, 9.17) is 33.3 Å². The Hall–Kier alpha value is -2.64. The summed E-state index contributed by atoms with van der Waals surface area (Å²) in [6.45, 7) is 2.50. The Morgan fingerprint density at radius 2 is 2.00 bits per heavy atom. The summed E-state index contributed by atoms with van der Waals surface area (Å²) in [5, 5.41) is 12.1. The highest BCUT2D eigenvalue weighted by atomic mass is 35.5. The van der Waals surface area contributed by atoms with Crippen LogP contribution in [0.2, 0.25) is 5.02 Å². The number of aromatic amines is 1. The minimum atomic E-state index is 0.422. The molecular weight excluding hydrogens is 396 g/mol. The number of methoxy groups -OCH3 is 1. The summed E-state index contributed by atoms with van der Waals surface area (Å²) in [5.74, 6) is 2.09. The maximum atomic E-state index is 5.91. The zero-order valence-electron chi connectivity index (χ0n) is 15.7. The van der Waals surface area contributed by atoms with Crippen molar-refractivity contribution >= 4 is 30.0 Å². The minimum Gasteiger partial charge on any atom is -0.493 e. The van der Waals surface area contributed by atoms with E-state index in [9.17, 15) is 0 Å². The number of nitrogens with zero attached hydrogens (tertiary/aromatic N) is 3. The molecule has 8 heteroatoms. The number of hydrogen-bond donors (Lipinski definition) is 1. The van der Waals surface area contributed by atoms with Gasteiger partial charge in [0, 0.05) is 11.4 Å². The highest BCUT2D eigenvalue weighted by Crippen LogP contribution is 2.28. The predicted molar refractivity (Wildman–Crippen MR) is 113 cm³/mol. The Kier molecular flexibility index (Phi) is 6.84. The fourth-order valence-electron chi connectivity index (χ4n) is 2.58. The number of hydrogen-bond acceptors (Lipinski definition) is 5. The van der Waals surface area contributed by atoms with Gasteiger partial charge in [-0.1, -0.05) is 30.7 Å². The van der Waals surface area contributed by atoms with Gasteiger partial charge < -0.3 is 9.47 Å². The lowest BCUT2D eigenvalue weighted by Crippen LogP contribution is -2.00. The Morgan fingerprint density at radius 1 is 1.21 bits per heavy atom. The van der Waals surface area contributed by atoms with Crippen LogP contribution in [0.1, 0.15) is 30.3 Å². The maximum Gasteiger partial charge on any atom is 0.216 e. The van der Waals surface area contributed by atoms with Gasteiger partial charge in [-0.05, 0) is 60.1 Å². The third kappa shape index (κ3) is 4.99. The molecule has 2 aromatic carbocycles. The molecule has 0 spiro atoms. The zero-order valence-corrected chi connectivity index (χ0v) is 17.3. The molecule has 0 saturated heterocycles. The Labute approximate surface area is 173 Å². The number of aryl methyl sites for hydroxylation is 1. The standard InChI is InChI=1S/C20H21ClN4O2S/c1-3-4-19-23-24-20(28)25(19)22-12-15-7-10-17(18(11-15)26-2)27-13-14-5-8-16(21)9-6-14/h5-12H,3-4,13H2,1-2H3,(H,24,28)/b22-12-. The summed E-state index contributed by atoms with van der Waals surface area (Å²) >= 11 is 11.1. The molecule has 0 bridgehead atoms. The molecule has 3 aromatic rings. The van der Waals surface area contributed by atoms with E-state index in [2.05, 4.69) is 22.2 Å². The van der Waals surface area contributed by atoms with Crippen LogP contribution in [0.25, 0.3) is 0 Å². The molecule has 1 N–H and O–H groups in total. The molecule has 28 heavy (non-hydrogen) atoms. The molecule has 3 rings (SSSR count). The summed E-state index contributed by atoms with van der Waals surface area (Å²) in [6.07, 6.45) is 3.48. The van der Waals surface area contributed by atoms with Crippen molar-refractivity contribution in [2.24, 2.45) is 5.10 Å². The smallest absolute Gasteiger partial charge is 0.216 e. The monoisotopic (exact) mass is 416 g/mol. The van der Waals surface area contributed by atoms with Crippen molar-refractivity contribution in [3.8, 4) is 11.5 Å². The lowest BCUT2D eigenvalue weighted by atomic mass is 10.2. The Balaban J connectivity index is 1.75. The first-order valence-corrected chi connectivity index (χ1v) is 9.65. The first-order valence-electron chi connectivity index (χ1n) is 8.86. The van der Waals surface area contributed by atoms with Crippen LogP contribution in [0.15, 0.2) is 47.6 Å². The second-order valence-electron chi connectivity index (χ2n) is 6.08. The molecule has 6 nitrogen and oxygen atoms in total. The van der Waals surface area contributed by atoms with Gasteiger partial charge in [0.1, 0.15) is 6.61 Å². The fourth-order valence-corrected chi connectivity index (χ4v) is 2.90. The van der Waals surface area contributed by atoms with E-state index >= 15 is 0 Å². The van der Waals surface area contributed by atoms with Gasteiger partial charge in [-0.3, -0.25) is 5.10 Å². The lowest BCUT2D eigenvalue weighted by molar-refractivity contribution is 0.284. The number of rotatable bonds is 8. The highest BCUT2D eigenvalue weighted by Gasteiger charge is 2.07. The summed E-state index contributed by atoms with van der Waals surface area (Å²) in [4.78, 5) is 0. The SMILES string of the molecule is CCCc1n[nH]c(=S)n1/N=C\c1ccc(OCc2ccc(Cl)cc2)c(OC)c1. The van der Waals surface area contributed by atoms with Crippen LogP contribution in [0.3, 0.4) is 0 Å². The van der Waals surface area contributed by atoms with Gasteiger partial charge in [0.2, 0.25) is 4.77 Å². The van der Waals surface area contributed by atoms with Crippen molar-refractivity contribution in [2.45, 2.75) is 26.4 Å². The van der Waals surface area contributed by atoms with Gasteiger partial charge in [-0.25, -0.2) is 0 Å². The van der Waals surface area contributed by atoms with Gasteiger partial charge in [0.05, 0.1) is 13.3 Å². The Bertz CT molecular complexity index is 1010. The molecule has 0 aliphatic rings. The molecule has 0 unspecified atom stereocenters. The van der Waals surface area contributed by atoms with Crippen molar-refractivity contribution in [3.05, 3.63) is 69.2 Å². The van der Waals surface area contributed by atoms with E-state index < -0.39 is 0 Å². The second kappa shape index (κ2) is 9.52.